The molecule has 1 fully saturated rings. The summed E-state index contributed by atoms with van der Waals surface area (Å²) in [7, 11) is 5.43. The van der Waals surface area contributed by atoms with Crippen LogP contribution in [0.2, 0.25) is 0 Å². The van der Waals surface area contributed by atoms with E-state index in [2.05, 4.69) is 22.1 Å². The molecule has 18 heavy (non-hydrogen) atoms. The first-order valence-electron chi connectivity index (χ1n) is 6.11. The Balaban J connectivity index is 2.10. The molecule has 0 radical (unpaired) electrons. The lowest BCUT2D eigenvalue weighted by Crippen LogP contribution is -2.27. The Morgan fingerprint density at radius 2 is 1.94 bits per heavy atom. The van der Waals surface area contributed by atoms with Gasteiger partial charge in [0, 0.05) is 38.7 Å². The third kappa shape index (κ3) is 2.66. The Morgan fingerprint density at radius 1 is 1.33 bits per heavy atom. The molecule has 2 heterocycles. The summed E-state index contributed by atoms with van der Waals surface area (Å²) in [6.45, 7) is 4.63. The second-order valence-corrected chi connectivity index (χ2v) is 5.55. The van der Waals surface area contributed by atoms with Crippen molar-refractivity contribution in [1.82, 2.24) is 10.3 Å². The summed E-state index contributed by atoms with van der Waals surface area (Å²) in [6.07, 6.45) is 0.263. The van der Waals surface area contributed by atoms with E-state index in [1.165, 1.54) is 4.88 Å². The second kappa shape index (κ2) is 5.97. The summed E-state index contributed by atoms with van der Waals surface area (Å²) in [5.41, 5.74) is 1.11. The van der Waals surface area contributed by atoms with E-state index >= 15 is 0 Å². The van der Waals surface area contributed by atoms with Gasteiger partial charge in [0.2, 0.25) is 0 Å². The molecule has 2 atom stereocenters. The van der Waals surface area contributed by atoms with E-state index in [1.54, 1.807) is 25.6 Å². The number of nitrogens with zero attached hydrogens (tertiary/aromatic N) is 2. The lowest BCUT2D eigenvalue weighted by molar-refractivity contribution is -0.00461. The fourth-order valence-corrected chi connectivity index (χ4v) is 3.32. The van der Waals surface area contributed by atoms with Gasteiger partial charge < -0.3 is 19.7 Å². The second-order valence-electron chi connectivity index (χ2n) is 4.49. The molecule has 1 aliphatic rings. The molecule has 1 aliphatic heterocycles. The number of anilines is 1. The Labute approximate surface area is 112 Å². The average molecular weight is 271 g/mol. The largest absolute Gasteiger partial charge is 0.377 e. The van der Waals surface area contributed by atoms with Gasteiger partial charge in [-0.05, 0) is 14.0 Å². The zero-order valence-corrected chi connectivity index (χ0v) is 12.2. The maximum absolute atomic E-state index is 5.45. The third-order valence-corrected chi connectivity index (χ3v) is 4.53. The highest BCUT2D eigenvalue weighted by atomic mass is 32.1. The lowest BCUT2D eigenvalue weighted by atomic mass is 10.3. The van der Waals surface area contributed by atoms with Gasteiger partial charge in [0.25, 0.3) is 0 Å². The normalized spacial score (nSPS) is 23.9. The fourth-order valence-electron chi connectivity index (χ4n) is 2.23. The maximum Gasteiger partial charge on any atom is 0.185 e. The van der Waals surface area contributed by atoms with Crippen LogP contribution in [0.25, 0.3) is 0 Å². The van der Waals surface area contributed by atoms with Gasteiger partial charge >= 0.3 is 0 Å². The van der Waals surface area contributed by atoms with Crippen LogP contribution in [0, 0.1) is 6.92 Å². The fraction of sp³-hybridized carbons (Fsp3) is 0.750. The van der Waals surface area contributed by atoms with E-state index < -0.39 is 0 Å². The van der Waals surface area contributed by atoms with Crippen LogP contribution in [0.4, 0.5) is 5.13 Å². The molecule has 6 heteroatoms. The molecule has 0 aromatic carbocycles. The molecule has 0 bridgehead atoms. The minimum Gasteiger partial charge on any atom is -0.377 e. The first-order valence-corrected chi connectivity index (χ1v) is 6.92. The molecule has 1 saturated heterocycles. The number of hydrogen-bond donors (Lipinski definition) is 1. The predicted molar refractivity (Wildman–Crippen MR) is 73.4 cm³/mol. The zero-order chi connectivity index (χ0) is 13.1. The van der Waals surface area contributed by atoms with E-state index in [0.717, 1.165) is 30.5 Å². The Kier molecular flexibility index (Phi) is 4.55. The Hall–Kier alpha value is -0.690. The molecule has 0 saturated carbocycles. The molecule has 2 unspecified atom stereocenters. The van der Waals surface area contributed by atoms with E-state index in [1.807, 2.05) is 7.05 Å². The van der Waals surface area contributed by atoms with Crippen molar-refractivity contribution in [3.63, 3.8) is 0 Å². The molecular formula is C12H21N3O2S. The highest BCUT2D eigenvalue weighted by molar-refractivity contribution is 7.15. The topological polar surface area (TPSA) is 46.6 Å². The molecule has 5 nitrogen and oxygen atoms in total. The minimum atomic E-state index is 0.131. The van der Waals surface area contributed by atoms with E-state index in [9.17, 15) is 0 Å². The molecule has 1 aromatic rings. The predicted octanol–water partition coefficient (Wildman–Crippen LogP) is 1.02. The number of ether oxygens (including phenoxy) is 2. The molecule has 0 amide bonds. The van der Waals surface area contributed by atoms with Crippen molar-refractivity contribution in [2.24, 2.45) is 0 Å². The van der Waals surface area contributed by atoms with Crippen LogP contribution in [0.5, 0.6) is 0 Å². The van der Waals surface area contributed by atoms with Crippen molar-refractivity contribution in [2.45, 2.75) is 25.7 Å². The first kappa shape index (κ1) is 13.7. The highest BCUT2D eigenvalue weighted by Crippen LogP contribution is 2.29. The molecule has 1 aromatic heterocycles. The summed E-state index contributed by atoms with van der Waals surface area (Å²) in [5, 5.41) is 4.24. The molecule has 0 aliphatic carbocycles. The van der Waals surface area contributed by atoms with E-state index in [0.29, 0.717) is 0 Å². The minimum absolute atomic E-state index is 0.131. The van der Waals surface area contributed by atoms with Gasteiger partial charge in [0.1, 0.15) is 12.2 Å². The Bertz CT molecular complexity index is 385. The quantitative estimate of drug-likeness (QED) is 0.866. The van der Waals surface area contributed by atoms with E-state index in [-0.39, 0.29) is 12.2 Å². The summed E-state index contributed by atoms with van der Waals surface area (Å²) in [4.78, 5) is 8.19. The van der Waals surface area contributed by atoms with Crippen LogP contribution in [0.3, 0.4) is 0 Å². The molecule has 0 spiro atoms. The summed E-state index contributed by atoms with van der Waals surface area (Å²) < 4.78 is 10.9. The van der Waals surface area contributed by atoms with Crippen molar-refractivity contribution in [3.8, 4) is 0 Å². The number of methoxy groups -OCH3 is 2. The maximum atomic E-state index is 5.45. The lowest BCUT2D eigenvalue weighted by Gasteiger charge is -2.13. The van der Waals surface area contributed by atoms with Crippen molar-refractivity contribution in [1.29, 1.82) is 0 Å². The van der Waals surface area contributed by atoms with Crippen molar-refractivity contribution in [2.75, 3.05) is 39.3 Å². The van der Waals surface area contributed by atoms with Gasteiger partial charge in [0.15, 0.2) is 5.13 Å². The smallest absolute Gasteiger partial charge is 0.185 e. The van der Waals surface area contributed by atoms with Crippen LogP contribution >= 0.6 is 11.3 Å². The monoisotopic (exact) mass is 271 g/mol. The first-order chi connectivity index (χ1) is 8.69. The summed E-state index contributed by atoms with van der Waals surface area (Å²) in [6, 6.07) is 0. The van der Waals surface area contributed by atoms with Gasteiger partial charge in [0.05, 0.1) is 5.69 Å². The van der Waals surface area contributed by atoms with Gasteiger partial charge in [-0.3, -0.25) is 0 Å². The van der Waals surface area contributed by atoms with Crippen LogP contribution in [-0.2, 0) is 16.0 Å². The van der Waals surface area contributed by atoms with Crippen LogP contribution in [0.15, 0.2) is 0 Å². The van der Waals surface area contributed by atoms with Crippen LogP contribution in [-0.4, -0.2) is 51.5 Å². The summed E-state index contributed by atoms with van der Waals surface area (Å²) >= 11 is 1.75. The van der Waals surface area contributed by atoms with Gasteiger partial charge in [-0.15, -0.1) is 11.3 Å². The number of aryl methyl sites for hydroxylation is 1. The van der Waals surface area contributed by atoms with Crippen molar-refractivity contribution < 1.29 is 9.47 Å². The highest BCUT2D eigenvalue weighted by Gasteiger charge is 2.34. The average Bonchev–Trinajstić information content (AvgIpc) is 2.94. The molecule has 1 N–H and O–H groups in total. The van der Waals surface area contributed by atoms with Crippen molar-refractivity contribution in [3.05, 3.63) is 10.6 Å². The van der Waals surface area contributed by atoms with Gasteiger partial charge in [-0.2, -0.15) is 0 Å². The van der Waals surface area contributed by atoms with Crippen LogP contribution in [0.1, 0.15) is 10.6 Å². The zero-order valence-electron chi connectivity index (χ0n) is 11.4. The van der Waals surface area contributed by atoms with E-state index in [4.69, 9.17) is 9.47 Å². The number of thiazole rings is 1. The number of aromatic nitrogens is 1. The van der Waals surface area contributed by atoms with Gasteiger partial charge in [-0.1, -0.05) is 0 Å². The SMILES string of the molecule is CNCc1sc(N2CC(OC)C(OC)C2)nc1C. The number of rotatable bonds is 5. The Morgan fingerprint density at radius 3 is 2.44 bits per heavy atom. The van der Waals surface area contributed by atoms with Crippen LogP contribution < -0.4 is 10.2 Å². The van der Waals surface area contributed by atoms with Crippen molar-refractivity contribution >= 4 is 16.5 Å². The molecule has 102 valence electrons. The number of hydrogen-bond acceptors (Lipinski definition) is 6. The van der Waals surface area contributed by atoms with Gasteiger partial charge in [-0.25, -0.2) is 4.98 Å². The molecule has 2 rings (SSSR count). The molecular weight excluding hydrogens is 250 g/mol. The number of nitrogens with one attached hydrogen (secondary N) is 1. The standard InChI is InChI=1S/C12H21N3O2S/c1-8-11(5-13-2)18-12(14-8)15-6-9(16-3)10(7-15)17-4/h9-10,13H,5-7H2,1-4H3. The third-order valence-electron chi connectivity index (χ3n) is 3.31. The summed E-state index contributed by atoms with van der Waals surface area (Å²) in [5.74, 6) is 0.